The van der Waals surface area contributed by atoms with E-state index in [-0.39, 0.29) is 24.6 Å². The summed E-state index contributed by atoms with van der Waals surface area (Å²) in [5.41, 5.74) is 0. The molecule has 0 aliphatic carbocycles. The van der Waals surface area contributed by atoms with Crippen molar-refractivity contribution in [2.75, 3.05) is 11.9 Å². The van der Waals surface area contributed by atoms with E-state index in [2.05, 4.69) is 15.8 Å². The molecular formula is C10H17N3O3. The fraction of sp³-hybridized carbons (Fsp3) is 0.600. The van der Waals surface area contributed by atoms with Crippen molar-refractivity contribution in [1.82, 2.24) is 10.5 Å². The van der Waals surface area contributed by atoms with E-state index in [1.807, 2.05) is 13.8 Å². The van der Waals surface area contributed by atoms with Crippen LogP contribution in [0.3, 0.4) is 0 Å². The van der Waals surface area contributed by atoms with Crippen LogP contribution in [0.5, 0.6) is 0 Å². The van der Waals surface area contributed by atoms with Gasteiger partial charge in [-0.15, -0.1) is 0 Å². The second kappa shape index (κ2) is 5.50. The molecule has 0 aliphatic rings. The minimum Gasteiger partial charge on any atom is -0.396 e. The summed E-state index contributed by atoms with van der Waals surface area (Å²) in [4.78, 5) is 11.5. The molecule has 0 aliphatic heterocycles. The number of aliphatic hydroxyl groups is 1. The quantitative estimate of drug-likeness (QED) is 0.719. The largest absolute Gasteiger partial charge is 0.396 e. The van der Waals surface area contributed by atoms with Gasteiger partial charge in [-0.1, -0.05) is 12.1 Å². The smallest absolute Gasteiger partial charge is 0.320 e. The molecule has 1 aromatic heterocycles. The fourth-order valence-electron chi connectivity index (χ4n) is 1.08. The van der Waals surface area contributed by atoms with Gasteiger partial charge in [-0.25, -0.2) is 4.79 Å². The third-order valence-corrected chi connectivity index (χ3v) is 2.37. The predicted molar refractivity (Wildman–Crippen MR) is 59.1 cm³/mol. The molecule has 1 aromatic rings. The molecule has 0 spiro atoms. The molecule has 16 heavy (non-hydrogen) atoms. The van der Waals surface area contributed by atoms with Crippen molar-refractivity contribution in [3.63, 3.8) is 0 Å². The maximum Gasteiger partial charge on any atom is 0.320 e. The summed E-state index contributed by atoms with van der Waals surface area (Å²) in [7, 11) is 0. The molecule has 3 N–H and O–H groups in total. The molecule has 0 saturated heterocycles. The SMILES string of the molecule is Cc1cc(NC(=O)N[C@@H](C)[C@H](C)CO)no1. The Morgan fingerprint density at radius 3 is 2.81 bits per heavy atom. The highest BCUT2D eigenvalue weighted by molar-refractivity contribution is 5.88. The van der Waals surface area contributed by atoms with Crippen LogP contribution in [0.4, 0.5) is 10.6 Å². The summed E-state index contributed by atoms with van der Waals surface area (Å²) in [5, 5.41) is 17.8. The Balaban J connectivity index is 2.42. The molecule has 0 aromatic carbocycles. The summed E-state index contributed by atoms with van der Waals surface area (Å²) >= 11 is 0. The zero-order valence-corrected chi connectivity index (χ0v) is 9.65. The van der Waals surface area contributed by atoms with Gasteiger partial charge in [0.05, 0.1) is 0 Å². The van der Waals surface area contributed by atoms with E-state index in [0.29, 0.717) is 11.6 Å². The van der Waals surface area contributed by atoms with Crippen molar-refractivity contribution in [3.05, 3.63) is 11.8 Å². The number of aromatic nitrogens is 1. The Hall–Kier alpha value is -1.56. The van der Waals surface area contributed by atoms with E-state index in [0.717, 1.165) is 0 Å². The van der Waals surface area contributed by atoms with Crippen molar-refractivity contribution in [2.24, 2.45) is 5.92 Å². The lowest BCUT2D eigenvalue weighted by atomic mass is 10.1. The normalized spacial score (nSPS) is 14.2. The first-order chi connectivity index (χ1) is 7.52. The molecule has 6 nitrogen and oxygen atoms in total. The first-order valence-electron chi connectivity index (χ1n) is 5.14. The van der Waals surface area contributed by atoms with Crippen molar-refractivity contribution in [3.8, 4) is 0 Å². The van der Waals surface area contributed by atoms with E-state index in [9.17, 15) is 4.79 Å². The number of amides is 2. The topological polar surface area (TPSA) is 87.4 Å². The second-order valence-electron chi connectivity index (χ2n) is 3.87. The van der Waals surface area contributed by atoms with E-state index in [1.165, 1.54) is 0 Å². The predicted octanol–water partition coefficient (Wildman–Crippen LogP) is 1.12. The van der Waals surface area contributed by atoms with E-state index in [4.69, 9.17) is 9.63 Å². The zero-order chi connectivity index (χ0) is 12.1. The summed E-state index contributed by atoms with van der Waals surface area (Å²) in [5.74, 6) is 1.01. The number of carbonyl (C=O) groups is 1. The molecule has 1 heterocycles. The molecular weight excluding hydrogens is 210 g/mol. The third kappa shape index (κ3) is 3.54. The van der Waals surface area contributed by atoms with Crippen molar-refractivity contribution in [2.45, 2.75) is 26.8 Å². The molecule has 0 saturated carbocycles. The van der Waals surface area contributed by atoms with Gasteiger partial charge < -0.3 is 14.9 Å². The van der Waals surface area contributed by atoms with Gasteiger partial charge in [0.25, 0.3) is 0 Å². The van der Waals surface area contributed by atoms with Gasteiger partial charge >= 0.3 is 6.03 Å². The number of nitrogens with zero attached hydrogens (tertiary/aromatic N) is 1. The summed E-state index contributed by atoms with van der Waals surface area (Å²) in [6.45, 7) is 5.46. The zero-order valence-electron chi connectivity index (χ0n) is 9.65. The Bertz CT molecular complexity index is 351. The number of nitrogens with one attached hydrogen (secondary N) is 2. The van der Waals surface area contributed by atoms with Crippen molar-refractivity contribution in [1.29, 1.82) is 0 Å². The van der Waals surface area contributed by atoms with Crippen molar-refractivity contribution < 1.29 is 14.4 Å². The lowest BCUT2D eigenvalue weighted by Gasteiger charge is -2.18. The van der Waals surface area contributed by atoms with Crippen LogP contribution < -0.4 is 10.6 Å². The molecule has 0 radical (unpaired) electrons. The van der Waals surface area contributed by atoms with E-state index >= 15 is 0 Å². The van der Waals surface area contributed by atoms with Gasteiger partial charge in [-0.05, 0) is 19.8 Å². The highest BCUT2D eigenvalue weighted by Crippen LogP contribution is 2.07. The maximum absolute atomic E-state index is 11.5. The minimum absolute atomic E-state index is 0.00444. The molecule has 0 fully saturated rings. The molecule has 2 amide bonds. The Morgan fingerprint density at radius 1 is 1.62 bits per heavy atom. The number of aryl methyl sites for hydroxylation is 1. The number of hydrogen-bond acceptors (Lipinski definition) is 4. The number of carbonyl (C=O) groups excluding carboxylic acids is 1. The van der Waals surface area contributed by atoms with Crippen molar-refractivity contribution >= 4 is 11.8 Å². The van der Waals surface area contributed by atoms with Crippen LogP contribution in [-0.4, -0.2) is 28.9 Å². The van der Waals surface area contributed by atoms with Gasteiger partial charge in [0.15, 0.2) is 5.82 Å². The number of anilines is 1. The highest BCUT2D eigenvalue weighted by atomic mass is 16.5. The minimum atomic E-state index is -0.360. The van der Waals surface area contributed by atoms with Gasteiger partial charge in [0.1, 0.15) is 5.76 Å². The third-order valence-electron chi connectivity index (χ3n) is 2.37. The van der Waals surface area contributed by atoms with Crippen LogP contribution in [0.15, 0.2) is 10.6 Å². The Labute approximate surface area is 94.0 Å². The highest BCUT2D eigenvalue weighted by Gasteiger charge is 2.14. The van der Waals surface area contributed by atoms with Gasteiger partial charge in [-0.2, -0.15) is 0 Å². The Morgan fingerprint density at radius 2 is 2.31 bits per heavy atom. The molecule has 0 bridgehead atoms. The lowest BCUT2D eigenvalue weighted by Crippen LogP contribution is -2.40. The standard InChI is InChI=1S/C10H17N3O3/c1-6(5-14)8(3)11-10(15)12-9-4-7(2)16-13-9/h4,6,8,14H,5H2,1-3H3,(H2,11,12,13,15)/t6-,8+/m1/s1. The summed E-state index contributed by atoms with van der Waals surface area (Å²) in [6, 6.07) is 1.15. The molecule has 1 rings (SSSR count). The maximum atomic E-state index is 11.5. The van der Waals surface area contributed by atoms with Crippen LogP contribution in [0.1, 0.15) is 19.6 Å². The fourth-order valence-corrected chi connectivity index (χ4v) is 1.08. The average molecular weight is 227 g/mol. The van der Waals surface area contributed by atoms with Gasteiger partial charge in [-0.3, -0.25) is 5.32 Å². The Kier molecular flexibility index (Phi) is 4.30. The monoisotopic (exact) mass is 227 g/mol. The molecule has 6 heteroatoms. The van der Waals surface area contributed by atoms with Gasteiger partial charge in [0.2, 0.25) is 0 Å². The van der Waals surface area contributed by atoms with Crippen LogP contribution >= 0.6 is 0 Å². The number of urea groups is 1. The number of rotatable bonds is 4. The average Bonchev–Trinajstić information content (AvgIpc) is 2.62. The van der Waals surface area contributed by atoms with Crippen LogP contribution in [0, 0.1) is 12.8 Å². The van der Waals surface area contributed by atoms with E-state index < -0.39 is 0 Å². The first-order valence-corrected chi connectivity index (χ1v) is 5.14. The molecule has 2 atom stereocenters. The number of aliphatic hydroxyl groups excluding tert-OH is 1. The summed E-state index contributed by atoms with van der Waals surface area (Å²) < 4.78 is 4.81. The molecule has 90 valence electrons. The van der Waals surface area contributed by atoms with E-state index in [1.54, 1.807) is 13.0 Å². The second-order valence-corrected chi connectivity index (χ2v) is 3.87. The van der Waals surface area contributed by atoms with Crippen LogP contribution in [0.2, 0.25) is 0 Å². The lowest BCUT2D eigenvalue weighted by molar-refractivity contribution is 0.204. The van der Waals surface area contributed by atoms with Gasteiger partial charge in [0, 0.05) is 18.7 Å². The van der Waals surface area contributed by atoms with Crippen LogP contribution in [0.25, 0.3) is 0 Å². The van der Waals surface area contributed by atoms with Crippen LogP contribution in [-0.2, 0) is 0 Å². The number of hydrogen-bond donors (Lipinski definition) is 3. The first kappa shape index (κ1) is 12.5. The molecule has 0 unspecified atom stereocenters. The summed E-state index contributed by atoms with van der Waals surface area (Å²) in [6.07, 6.45) is 0.